The fraction of sp³-hybridized carbons (Fsp3) is 0.214. The van der Waals surface area contributed by atoms with Gasteiger partial charge in [0.05, 0.1) is 4.88 Å². The molecule has 4 heteroatoms. The molecule has 2 rings (SSSR count). The zero-order valence-corrected chi connectivity index (χ0v) is 11.6. The van der Waals surface area contributed by atoms with Crippen LogP contribution < -0.4 is 5.32 Å². The summed E-state index contributed by atoms with van der Waals surface area (Å²) in [5, 5.41) is 4.85. The summed E-state index contributed by atoms with van der Waals surface area (Å²) in [6.45, 7) is 2.05. The number of halogens is 1. The molecular formula is C14H14ClNOS. The number of thiophene rings is 1. The van der Waals surface area contributed by atoms with Gasteiger partial charge in [-0.2, -0.15) is 0 Å². The van der Waals surface area contributed by atoms with Gasteiger partial charge in [0.25, 0.3) is 5.91 Å². The second-order valence-corrected chi connectivity index (χ2v) is 5.10. The van der Waals surface area contributed by atoms with E-state index in [1.807, 2.05) is 42.6 Å². The Hall–Kier alpha value is -1.32. The molecule has 1 heterocycles. The molecule has 0 spiro atoms. The molecule has 2 nitrogen and oxygen atoms in total. The third-order valence-electron chi connectivity index (χ3n) is 2.70. The van der Waals surface area contributed by atoms with Crippen molar-refractivity contribution >= 4 is 34.5 Å². The highest BCUT2D eigenvalue weighted by Crippen LogP contribution is 2.19. The summed E-state index contributed by atoms with van der Waals surface area (Å²) < 4.78 is 0. The van der Waals surface area contributed by atoms with Gasteiger partial charge in [0.15, 0.2) is 0 Å². The summed E-state index contributed by atoms with van der Waals surface area (Å²) in [6, 6.07) is 9.56. The first-order chi connectivity index (χ1) is 8.74. The van der Waals surface area contributed by atoms with E-state index in [-0.39, 0.29) is 5.91 Å². The summed E-state index contributed by atoms with van der Waals surface area (Å²) in [5.74, 6) is 0.444. The van der Waals surface area contributed by atoms with Crippen LogP contribution in [-0.2, 0) is 12.3 Å². The monoisotopic (exact) mass is 279 g/mol. The maximum absolute atomic E-state index is 12.1. The van der Waals surface area contributed by atoms with E-state index in [1.54, 1.807) is 0 Å². The Balaban J connectivity index is 2.11. The van der Waals surface area contributed by atoms with E-state index in [4.69, 9.17) is 11.6 Å². The average Bonchev–Trinajstić information content (AvgIpc) is 2.88. The van der Waals surface area contributed by atoms with E-state index in [9.17, 15) is 4.79 Å². The summed E-state index contributed by atoms with van der Waals surface area (Å²) in [4.78, 5) is 12.9. The molecule has 1 aromatic heterocycles. The van der Waals surface area contributed by atoms with Gasteiger partial charge in [0.1, 0.15) is 0 Å². The van der Waals surface area contributed by atoms with Gasteiger partial charge in [-0.15, -0.1) is 22.9 Å². The van der Waals surface area contributed by atoms with Crippen molar-refractivity contribution in [1.29, 1.82) is 0 Å². The molecular weight excluding hydrogens is 266 g/mol. The molecule has 1 amide bonds. The molecule has 0 atom stereocenters. The first-order valence-corrected chi connectivity index (χ1v) is 7.18. The lowest BCUT2D eigenvalue weighted by Crippen LogP contribution is -2.11. The Kier molecular flexibility index (Phi) is 4.39. The van der Waals surface area contributed by atoms with Crippen molar-refractivity contribution in [3.8, 4) is 0 Å². The second kappa shape index (κ2) is 6.03. The number of nitrogens with one attached hydrogen (secondary N) is 1. The minimum atomic E-state index is -0.0412. The van der Waals surface area contributed by atoms with Crippen LogP contribution in [0.5, 0.6) is 0 Å². The van der Waals surface area contributed by atoms with Crippen LogP contribution in [0.25, 0.3) is 0 Å². The number of hydrogen-bond donors (Lipinski definition) is 1. The highest BCUT2D eigenvalue weighted by molar-refractivity contribution is 7.12. The minimum Gasteiger partial charge on any atom is -0.321 e. The van der Waals surface area contributed by atoms with Gasteiger partial charge >= 0.3 is 0 Å². The maximum Gasteiger partial charge on any atom is 0.266 e. The van der Waals surface area contributed by atoms with Crippen molar-refractivity contribution in [2.45, 2.75) is 19.2 Å². The lowest BCUT2D eigenvalue weighted by atomic mass is 10.2. The topological polar surface area (TPSA) is 29.1 Å². The second-order valence-electron chi connectivity index (χ2n) is 3.91. The van der Waals surface area contributed by atoms with Crippen LogP contribution in [0.2, 0.25) is 0 Å². The Labute approximate surface area is 116 Å². The van der Waals surface area contributed by atoms with Crippen molar-refractivity contribution in [3.63, 3.8) is 0 Å². The molecule has 0 bridgehead atoms. The molecule has 1 N–H and O–H groups in total. The molecule has 0 aliphatic heterocycles. The van der Waals surface area contributed by atoms with Gasteiger partial charge in [0, 0.05) is 11.6 Å². The van der Waals surface area contributed by atoms with Crippen LogP contribution in [0.1, 0.15) is 27.7 Å². The van der Waals surface area contributed by atoms with Crippen molar-refractivity contribution in [3.05, 3.63) is 51.7 Å². The number of hydrogen-bond acceptors (Lipinski definition) is 2. The summed E-state index contributed by atoms with van der Waals surface area (Å²) in [6.07, 6.45) is 0.872. The molecule has 1 aromatic carbocycles. The third-order valence-corrected chi connectivity index (χ3v) is 3.96. The summed E-state index contributed by atoms with van der Waals surface area (Å²) in [7, 11) is 0. The Morgan fingerprint density at radius 2 is 2.00 bits per heavy atom. The van der Waals surface area contributed by atoms with Gasteiger partial charge < -0.3 is 5.32 Å². The minimum absolute atomic E-state index is 0.0412. The van der Waals surface area contributed by atoms with E-state index < -0.39 is 0 Å². The Morgan fingerprint density at radius 3 is 2.61 bits per heavy atom. The van der Waals surface area contributed by atoms with Crippen LogP contribution in [0, 0.1) is 0 Å². The van der Waals surface area contributed by atoms with E-state index >= 15 is 0 Å². The maximum atomic E-state index is 12.1. The molecule has 2 aromatic rings. The number of amides is 1. The van der Waals surface area contributed by atoms with Crippen LogP contribution in [0.4, 0.5) is 5.69 Å². The molecule has 0 radical (unpaired) electrons. The quantitative estimate of drug-likeness (QED) is 0.831. The summed E-state index contributed by atoms with van der Waals surface area (Å²) >= 11 is 7.20. The highest BCUT2D eigenvalue weighted by Gasteiger charge is 2.11. The largest absolute Gasteiger partial charge is 0.321 e. The smallest absolute Gasteiger partial charge is 0.266 e. The molecule has 0 aliphatic carbocycles. The van der Waals surface area contributed by atoms with Crippen LogP contribution in [0.15, 0.2) is 35.7 Å². The van der Waals surface area contributed by atoms with E-state index in [1.165, 1.54) is 11.3 Å². The van der Waals surface area contributed by atoms with Crippen LogP contribution in [-0.4, -0.2) is 5.91 Å². The van der Waals surface area contributed by atoms with Gasteiger partial charge in [0.2, 0.25) is 0 Å². The molecule has 0 unspecified atom stereocenters. The highest BCUT2D eigenvalue weighted by atomic mass is 35.5. The lowest BCUT2D eigenvalue weighted by Gasteiger charge is -2.05. The van der Waals surface area contributed by atoms with Gasteiger partial charge in [-0.25, -0.2) is 0 Å². The SMILES string of the molecule is CCc1ccsc1C(=O)Nc1ccc(CCl)cc1. The summed E-state index contributed by atoms with van der Waals surface area (Å²) in [5.41, 5.74) is 2.93. The predicted octanol–water partition coefficient (Wildman–Crippen LogP) is 4.30. The average molecular weight is 280 g/mol. The van der Waals surface area contributed by atoms with Crippen molar-refractivity contribution < 1.29 is 4.79 Å². The van der Waals surface area contributed by atoms with Gasteiger partial charge in [-0.05, 0) is 41.1 Å². The van der Waals surface area contributed by atoms with Gasteiger partial charge in [-0.1, -0.05) is 19.1 Å². The predicted molar refractivity (Wildman–Crippen MR) is 77.6 cm³/mol. The number of anilines is 1. The van der Waals surface area contributed by atoms with E-state index in [0.29, 0.717) is 5.88 Å². The number of rotatable bonds is 4. The Morgan fingerprint density at radius 1 is 1.28 bits per heavy atom. The fourth-order valence-corrected chi connectivity index (χ4v) is 2.75. The van der Waals surface area contributed by atoms with Crippen molar-refractivity contribution in [2.75, 3.05) is 5.32 Å². The van der Waals surface area contributed by atoms with Gasteiger partial charge in [-0.3, -0.25) is 4.79 Å². The first-order valence-electron chi connectivity index (χ1n) is 5.77. The Bertz CT molecular complexity index is 533. The molecule has 94 valence electrons. The number of aryl methyl sites for hydroxylation is 1. The lowest BCUT2D eigenvalue weighted by molar-refractivity contribution is 0.103. The number of benzene rings is 1. The standard InChI is InChI=1S/C14H14ClNOS/c1-2-11-7-8-18-13(11)14(17)16-12-5-3-10(9-15)4-6-12/h3-8H,2,9H2,1H3,(H,16,17). The van der Waals surface area contributed by atoms with Crippen LogP contribution in [0.3, 0.4) is 0 Å². The number of carbonyl (C=O) groups is 1. The van der Waals surface area contributed by atoms with Crippen molar-refractivity contribution in [2.24, 2.45) is 0 Å². The zero-order chi connectivity index (χ0) is 13.0. The third kappa shape index (κ3) is 2.92. The molecule has 0 saturated carbocycles. The van der Waals surface area contributed by atoms with E-state index in [0.717, 1.165) is 28.1 Å². The fourth-order valence-electron chi connectivity index (χ4n) is 1.68. The van der Waals surface area contributed by atoms with Crippen LogP contribution >= 0.6 is 22.9 Å². The molecule has 0 aliphatic rings. The zero-order valence-electron chi connectivity index (χ0n) is 10.1. The number of alkyl halides is 1. The van der Waals surface area contributed by atoms with Crippen molar-refractivity contribution in [1.82, 2.24) is 0 Å². The number of carbonyl (C=O) groups excluding carboxylic acids is 1. The van der Waals surface area contributed by atoms with E-state index in [2.05, 4.69) is 5.32 Å². The molecule has 0 saturated heterocycles. The normalized spacial score (nSPS) is 10.3. The molecule has 0 fully saturated rings. The first kappa shape index (κ1) is 13.1. The molecule has 18 heavy (non-hydrogen) atoms.